The second-order valence-electron chi connectivity index (χ2n) is 7.06. The number of hydrogen-bond acceptors (Lipinski definition) is 3. The molecule has 0 amide bonds. The lowest BCUT2D eigenvalue weighted by molar-refractivity contribution is 0.0207. The molecule has 1 aliphatic rings. The van der Waals surface area contributed by atoms with E-state index < -0.39 is 16.3 Å². The lowest BCUT2D eigenvalue weighted by Crippen LogP contribution is -2.45. The summed E-state index contributed by atoms with van der Waals surface area (Å²) in [6.07, 6.45) is 1.59. The van der Waals surface area contributed by atoms with Gasteiger partial charge in [-0.2, -0.15) is 4.31 Å². The monoisotopic (exact) mass is 409 g/mol. The average Bonchev–Trinajstić information content (AvgIpc) is 2.73. The fourth-order valence-electron chi connectivity index (χ4n) is 3.53. The summed E-state index contributed by atoms with van der Waals surface area (Å²) in [5, 5.41) is 0. The van der Waals surface area contributed by atoms with Gasteiger partial charge in [-0.3, -0.25) is 0 Å². The van der Waals surface area contributed by atoms with Gasteiger partial charge in [0.2, 0.25) is 10.0 Å². The van der Waals surface area contributed by atoms with Gasteiger partial charge in [0.25, 0.3) is 0 Å². The molecule has 1 atom stereocenters. The Balaban J connectivity index is 2.04. The minimum Gasteiger partial charge on any atom is -0.353 e. The van der Waals surface area contributed by atoms with Crippen LogP contribution in [0.3, 0.4) is 0 Å². The Kier molecular flexibility index (Phi) is 6.52. The van der Waals surface area contributed by atoms with Gasteiger partial charge in [0.15, 0.2) is 6.23 Å². The average molecular weight is 410 g/mol. The minimum atomic E-state index is -3.79. The normalized spacial score (nSPS) is 17.6. The summed E-state index contributed by atoms with van der Waals surface area (Å²) in [6, 6.07) is 16.8. The molecule has 0 aliphatic carbocycles. The van der Waals surface area contributed by atoms with E-state index >= 15 is 0 Å². The van der Waals surface area contributed by atoms with E-state index in [1.54, 1.807) is 30.3 Å². The van der Waals surface area contributed by atoms with Gasteiger partial charge in [-0.15, -0.1) is 6.58 Å². The van der Waals surface area contributed by atoms with Gasteiger partial charge in [0, 0.05) is 6.54 Å². The molecular weight excluding hydrogens is 382 g/mol. The number of sulfonamides is 1. The molecule has 0 N–H and O–H groups in total. The third-order valence-corrected chi connectivity index (χ3v) is 6.90. The molecule has 0 radical (unpaired) electrons. The summed E-state index contributed by atoms with van der Waals surface area (Å²) >= 11 is 0. The van der Waals surface area contributed by atoms with Crippen LogP contribution in [0, 0.1) is 6.92 Å². The summed E-state index contributed by atoms with van der Waals surface area (Å²) in [4.78, 5) is 0.230. The standard InChI is InChI=1S/C24H27NO3S/c1-5-16-25(29(26,27)22-14-12-18(3)13-15-22)24-19(4)23(20(6-2)17-28-24)21-10-8-7-9-11-21/h5,7-15,24H,1,4,6,16-17H2,2-3H3/t24-/m1/s1. The molecule has 2 aromatic rings. The van der Waals surface area contributed by atoms with Gasteiger partial charge < -0.3 is 4.74 Å². The first kappa shape index (κ1) is 21.2. The van der Waals surface area contributed by atoms with Gasteiger partial charge in [0.05, 0.1) is 11.5 Å². The summed E-state index contributed by atoms with van der Waals surface area (Å²) in [5.74, 6) is 0. The van der Waals surface area contributed by atoms with E-state index in [4.69, 9.17) is 4.74 Å². The SMILES string of the molecule is C=CCN([C@@H]1OCC(CC)=C(c2ccccc2)C1=C)S(=O)(=O)c1ccc(C)cc1. The lowest BCUT2D eigenvalue weighted by atomic mass is 9.90. The van der Waals surface area contributed by atoms with Gasteiger partial charge in [-0.05, 0) is 47.8 Å². The molecule has 0 unspecified atom stereocenters. The maximum absolute atomic E-state index is 13.4. The zero-order chi connectivity index (χ0) is 21.0. The molecule has 0 saturated carbocycles. The van der Waals surface area contributed by atoms with Crippen molar-refractivity contribution in [2.45, 2.75) is 31.4 Å². The Labute approximate surface area is 173 Å². The highest BCUT2D eigenvalue weighted by Crippen LogP contribution is 2.37. The second kappa shape index (κ2) is 8.91. The predicted octanol–water partition coefficient (Wildman–Crippen LogP) is 4.95. The molecule has 4 nitrogen and oxygen atoms in total. The van der Waals surface area contributed by atoms with Crippen molar-refractivity contribution < 1.29 is 13.2 Å². The topological polar surface area (TPSA) is 46.6 Å². The highest BCUT2D eigenvalue weighted by molar-refractivity contribution is 7.89. The second-order valence-corrected chi connectivity index (χ2v) is 8.95. The first-order chi connectivity index (χ1) is 13.9. The molecule has 5 heteroatoms. The zero-order valence-corrected chi connectivity index (χ0v) is 17.8. The molecular formula is C24H27NO3S. The largest absolute Gasteiger partial charge is 0.353 e. The van der Waals surface area contributed by atoms with Crippen LogP contribution in [0.15, 0.2) is 89.9 Å². The molecule has 1 aliphatic heterocycles. The Morgan fingerprint density at radius 3 is 2.38 bits per heavy atom. The van der Waals surface area contributed by atoms with E-state index in [2.05, 4.69) is 20.1 Å². The molecule has 0 aromatic heterocycles. The molecule has 0 spiro atoms. The van der Waals surface area contributed by atoms with E-state index in [9.17, 15) is 8.42 Å². The molecule has 3 rings (SSSR count). The van der Waals surface area contributed by atoms with Crippen molar-refractivity contribution in [3.8, 4) is 0 Å². The van der Waals surface area contributed by atoms with Crippen molar-refractivity contribution in [2.75, 3.05) is 13.2 Å². The highest BCUT2D eigenvalue weighted by atomic mass is 32.2. The van der Waals surface area contributed by atoms with Crippen LogP contribution >= 0.6 is 0 Å². The van der Waals surface area contributed by atoms with E-state index in [1.807, 2.05) is 37.3 Å². The smallest absolute Gasteiger partial charge is 0.245 e. The van der Waals surface area contributed by atoms with Crippen LogP contribution in [-0.2, 0) is 14.8 Å². The summed E-state index contributed by atoms with van der Waals surface area (Å²) < 4.78 is 34.2. The van der Waals surface area contributed by atoms with Crippen LogP contribution in [0.25, 0.3) is 5.57 Å². The van der Waals surface area contributed by atoms with Crippen LogP contribution in [-0.4, -0.2) is 32.1 Å². The minimum absolute atomic E-state index is 0.128. The third-order valence-electron chi connectivity index (χ3n) is 5.08. The quantitative estimate of drug-likeness (QED) is 0.608. The van der Waals surface area contributed by atoms with Gasteiger partial charge in [-0.25, -0.2) is 8.42 Å². The zero-order valence-electron chi connectivity index (χ0n) is 17.0. The van der Waals surface area contributed by atoms with Crippen molar-refractivity contribution in [3.63, 3.8) is 0 Å². The Morgan fingerprint density at radius 1 is 1.14 bits per heavy atom. The first-order valence-corrected chi connectivity index (χ1v) is 11.1. The van der Waals surface area contributed by atoms with E-state index in [0.717, 1.165) is 28.7 Å². The third kappa shape index (κ3) is 4.27. The summed E-state index contributed by atoms with van der Waals surface area (Å²) in [7, 11) is -3.79. The van der Waals surface area contributed by atoms with Crippen LogP contribution in [0.2, 0.25) is 0 Å². The maximum Gasteiger partial charge on any atom is 0.245 e. The molecule has 152 valence electrons. The number of aryl methyl sites for hydroxylation is 1. The summed E-state index contributed by atoms with van der Waals surface area (Å²) in [5.41, 5.74) is 4.77. The number of benzene rings is 2. The molecule has 0 saturated heterocycles. The molecule has 0 bridgehead atoms. The van der Waals surface area contributed by atoms with Crippen molar-refractivity contribution in [1.29, 1.82) is 0 Å². The van der Waals surface area contributed by atoms with Crippen LogP contribution < -0.4 is 0 Å². The molecule has 29 heavy (non-hydrogen) atoms. The predicted molar refractivity (Wildman–Crippen MR) is 118 cm³/mol. The number of rotatable bonds is 7. The fraction of sp³-hybridized carbons (Fsp3) is 0.250. The van der Waals surface area contributed by atoms with Crippen molar-refractivity contribution >= 4 is 15.6 Å². The number of ether oxygens (including phenoxy) is 1. The molecule has 1 heterocycles. The Bertz CT molecular complexity index is 1020. The fourth-order valence-corrected chi connectivity index (χ4v) is 5.02. The number of nitrogens with zero attached hydrogens (tertiary/aromatic N) is 1. The maximum atomic E-state index is 13.4. The van der Waals surface area contributed by atoms with E-state index in [0.29, 0.717) is 12.2 Å². The van der Waals surface area contributed by atoms with Crippen LogP contribution in [0.5, 0.6) is 0 Å². The van der Waals surface area contributed by atoms with Crippen molar-refractivity contribution in [3.05, 3.63) is 96.1 Å². The lowest BCUT2D eigenvalue weighted by Gasteiger charge is -2.36. The van der Waals surface area contributed by atoms with Gasteiger partial charge in [-0.1, -0.05) is 67.6 Å². The van der Waals surface area contributed by atoms with Crippen LogP contribution in [0.4, 0.5) is 0 Å². The first-order valence-electron chi connectivity index (χ1n) is 9.67. The van der Waals surface area contributed by atoms with Crippen LogP contribution in [0.1, 0.15) is 24.5 Å². The Morgan fingerprint density at radius 2 is 1.79 bits per heavy atom. The molecule has 2 aromatic carbocycles. The number of hydrogen-bond donors (Lipinski definition) is 0. The van der Waals surface area contributed by atoms with E-state index in [-0.39, 0.29) is 11.4 Å². The highest BCUT2D eigenvalue weighted by Gasteiger charge is 2.37. The van der Waals surface area contributed by atoms with Crippen molar-refractivity contribution in [1.82, 2.24) is 4.31 Å². The summed E-state index contributed by atoms with van der Waals surface area (Å²) in [6.45, 7) is 12.5. The van der Waals surface area contributed by atoms with E-state index in [1.165, 1.54) is 4.31 Å². The van der Waals surface area contributed by atoms with Gasteiger partial charge >= 0.3 is 0 Å². The van der Waals surface area contributed by atoms with Crippen molar-refractivity contribution in [2.24, 2.45) is 0 Å². The van der Waals surface area contributed by atoms with Gasteiger partial charge in [0.1, 0.15) is 0 Å². The molecule has 0 fully saturated rings. The Hall–Kier alpha value is -2.47.